The Bertz CT molecular complexity index is 200. The molecule has 94 valence electrons. The molecule has 0 aromatic rings. The summed E-state index contributed by atoms with van der Waals surface area (Å²) in [4.78, 5) is 2.03. The fourth-order valence-electron chi connectivity index (χ4n) is 2.67. The maximum atomic E-state index is 9.74. The number of hydrogen-bond donors (Lipinski definition) is 2. The quantitative estimate of drug-likeness (QED) is 0.646. The van der Waals surface area contributed by atoms with Gasteiger partial charge in [-0.25, -0.2) is 0 Å². The number of rotatable bonds is 8. The monoisotopic (exact) mass is 226 g/mol. The van der Waals surface area contributed by atoms with Gasteiger partial charge >= 0.3 is 0 Å². The minimum atomic E-state index is -0.228. The Labute approximate surface area is 99.2 Å². The average Bonchev–Trinajstić information content (AvgIpc) is 3.02. The van der Waals surface area contributed by atoms with Crippen LogP contribution in [-0.2, 0) is 0 Å². The van der Waals surface area contributed by atoms with Crippen LogP contribution in [0, 0.1) is 17.8 Å². The van der Waals surface area contributed by atoms with Crippen LogP contribution in [0.25, 0.3) is 0 Å². The molecule has 0 amide bonds. The summed E-state index contributed by atoms with van der Waals surface area (Å²) in [6.45, 7) is 2.62. The molecule has 3 nitrogen and oxygen atoms in total. The molecular weight excluding hydrogens is 200 g/mol. The largest absolute Gasteiger partial charge is 0.390 e. The highest BCUT2D eigenvalue weighted by atomic mass is 16.3. The summed E-state index contributed by atoms with van der Waals surface area (Å²) in [5.41, 5.74) is 0. The fraction of sp³-hybridized carbons (Fsp3) is 1.00. The van der Waals surface area contributed by atoms with Crippen LogP contribution in [0.4, 0.5) is 0 Å². The standard InChI is InChI=1S/C13H26N2O/c1-15(2)9-12(16)7-14-8-13(10-3-4-10)11-5-6-11/h10-14,16H,3-9H2,1-2H3. The molecule has 0 aliphatic heterocycles. The van der Waals surface area contributed by atoms with Crippen molar-refractivity contribution < 1.29 is 5.11 Å². The molecule has 2 rings (SSSR count). The second-order valence-corrected chi connectivity index (χ2v) is 5.91. The van der Waals surface area contributed by atoms with Gasteiger partial charge in [0.1, 0.15) is 0 Å². The van der Waals surface area contributed by atoms with Crippen LogP contribution in [0.2, 0.25) is 0 Å². The summed E-state index contributed by atoms with van der Waals surface area (Å²) in [6, 6.07) is 0. The van der Waals surface area contributed by atoms with E-state index in [0.29, 0.717) is 0 Å². The first-order chi connectivity index (χ1) is 7.66. The highest BCUT2D eigenvalue weighted by Gasteiger charge is 2.40. The molecule has 2 N–H and O–H groups in total. The maximum Gasteiger partial charge on any atom is 0.0791 e. The van der Waals surface area contributed by atoms with Crippen LogP contribution in [-0.4, -0.2) is 49.8 Å². The molecule has 0 heterocycles. The van der Waals surface area contributed by atoms with E-state index in [9.17, 15) is 5.11 Å². The van der Waals surface area contributed by atoms with Gasteiger partial charge in [0.05, 0.1) is 6.10 Å². The zero-order chi connectivity index (χ0) is 11.5. The van der Waals surface area contributed by atoms with Crippen molar-refractivity contribution in [2.45, 2.75) is 31.8 Å². The van der Waals surface area contributed by atoms with Gasteiger partial charge in [-0.3, -0.25) is 0 Å². The van der Waals surface area contributed by atoms with Gasteiger partial charge < -0.3 is 15.3 Å². The van der Waals surface area contributed by atoms with Gasteiger partial charge in [0, 0.05) is 13.1 Å². The predicted octanol–water partition coefficient (Wildman–Crippen LogP) is 0.935. The molecule has 1 unspecified atom stereocenters. The Morgan fingerprint density at radius 3 is 2.12 bits per heavy atom. The van der Waals surface area contributed by atoms with Crippen molar-refractivity contribution in [1.29, 1.82) is 0 Å². The van der Waals surface area contributed by atoms with Crippen molar-refractivity contribution in [3.05, 3.63) is 0 Å². The van der Waals surface area contributed by atoms with E-state index < -0.39 is 0 Å². The van der Waals surface area contributed by atoms with E-state index in [1.54, 1.807) is 0 Å². The van der Waals surface area contributed by atoms with Gasteiger partial charge in [-0.1, -0.05) is 0 Å². The number of aliphatic hydroxyl groups is 1. The number of nitrogens with one attached hydrogen (secondary N) is 1. The van der Waals surface area contributed by atoms with E-state index in [1.165, 1.54) is 25.7 Å². The van der Waals surface area contributed by atoms with E-state index in [0.717, 1.165) is 37.4 Å². The van der Waals surface area contributed by atoms with Gasteiger partial charge in [-0.05, 0) is 64.1 Å². The molecule has 2 fully saturated rings. The number of aliphatic hydroxyl groups excluding tert-OH is 1. The molecule has 2 aliphatic carbocycles. The first-order valence-corrected chi connectivity index (χ1v) is 6.70. The third-order valence-corrected chi connectivity index (χ3v) is 3.79. The number of likely N-dealkylation sites (N-methyl/N-ethyl adjacent to an activating group) is 1. The Kier molecular flexibility index (Phi) is 4.22. The van der Waals surface area contributed by atoms with Gasteiger partial charge in [-0.15, -0.1) is 0 Å². The molecule has 2 saturated carbocycles. The summed E-state index contributed by atoms with van der Waals surface area (Å²) < 4.78 is 0. The van der Waals surface area contributed by atoms with Crippen molar-refractivity contribution in [3.8, 4) is 0 Å². The summed E-state index contributed by atoms with van der Waals surface area (Å²) in [5, 5.41) is 13.2. The zero-order valence-corrected chi connectivity index (χ0v) is 10.7. The molecule has 0 aromatic carbocycles. The topological polar surface area (TPSA) is 35.5 Å². The molecule has 1 atom stereocenters. The molecule has 2 aliphatic rings. The Morgan fingerprint density at radius 2 is 1.69 bits per heavy atom. The van der Waals surface area contributed by atoms with E-state index in [2.05, 4.69) is 5.32 Å². The van der Waals surface area contributed by atoms with Crippen LogP contribution in [0.1, 0.15) is 25.7 Å². The molecule has 0 saturated heterocycles. The molecule has 0 radical (unpaired) electrons. The van der Waals surface area contributed by atoms with Gasteiger partial charge in [0.2, 0.25) is 0 Å². The van der Waals surface area contributed by atoms with Gasteiger partial charge in [0.15, 0.2) is 0 Å². The van der Waals surface area contributed by atoms with Crippen molar-refractivity contribution in [2.75, 3.05) is 33.7 Å². The van der Waals surface area contributed by atoms with E-state index in [1.807, 2.05) is 19.0 Å². The van der Waals surface area contributed by atoms with Crippen molar-refractivity contribution in [3.63, 3.8) is 0 Å². The number of hydrogen-bond acceptors (Lipinski definition) is 3. The van der Waals surface area contributed by atoms with Crippen molar-refractivity contribution in [1.82, 2.24) is 10.2 Å². The van der Waals surface area contributed by atoms with Gasteiger partial charge in [0.25, 0.3) is 0 Å². The van der Waals surface area contributed by atoms with E-state index >= 15 is 0 Å². The molecular formula is C13H26N2O. The summed E-state index contributed by atoms with van der Waals surface area (Å²) in [6.07, 6.45) is 5.56. The summed E-state index contributed by atoms with van der Waals surface area (Å²) in [7, 11) is 4.00. The van der Waals surface area contributed by atoms with Crippen LogP contribution in [0.5, 0.6) is 0 Å². The molecule has 0 aromatic heterocycles. The van der Waals surface area contributed by atoms with Crippen molar-refractivity contribution >= 4 is 0 Å². The van der Waals surface area contributed by atoms with Crippen LogP contribution < -0.4 is 5.32 Å². The molecule has 0 bridgehead atoms. The lowest BCUT2D eigenvalue weighted by atomic mass is 9.98. The van der Waals surface area contributed by atoms with E-state index in [4.69, 9.17) is 0 Å². The lowest BCUT2D eigenvalue weighted by Gasteiger charge is -2.20. The lowest BCUT2D eigenvalue weighted by Crippen LogP contribution is -2.37. The smallest absolute Gasteiger partial charge is 0.0791 e. The predicted molar refractivity (Wildman–Crippen MR) is 66.4 cm³/mol. The van der Waals surface area contributed by atoms with E-state index in [-0.39, 0.29) is 6.10 Å². The Balaban J connectivity index is 1.58. The van der Waals surface area contributed by atoms with Gasteiger partial charge in [-0.2, -0.15) is 0 Å². The number of nitrogens with zero attached hydrogens (tertiary/aromatic N) is 1. The SMILES string of the molecule is CN(C)CC(O)CNCC(C1CC1)C1CC1. The first-order valence-electron chi connectivity index (χ1n) is 6.70. The second kappa shape index (κ2) is 5.48. The highest BCUT2D eigenvalue weighted by Crippen LogP contribution is 2.48. The zero-order valence-electron chi connectivity index (χ0n) is 10.7. The van der Waals surface area contributed by atoms with Crippen LogP contribution in [0.3, 0.4) is 0 Å². The highest BCUT2D eigenvalue weighted by molar-refractivity contribution is 4.92. The fourth-order valence-corrected chi connectivity index (χ4v) is 2.67. The first kappa shape index (κ1) is 12.3. The third-order valence-electron chi connectivity index (χ3n) is 3.79. The Hall–Kier alpha value is -0.120. The molecule has 0 spiro atoms. The molecule has 16 heavy (non-hydrogen) atoms. The average molecular weight is 226 g/mol. The summed E-state index contributed by atoms with van der Waals surface area (Å²) in [5.74, 6) is 2.92. The minimum absolute atomic E-state index is 0.228. The maximum absolute atomic E-state index is 9.74. The summed E-state index contributed by atoms with van der Waals surface area (Å²) >= 11 is 0. The Morgan fingerprint density at radius 1 is 1.12 bits per heavy atom. The normalized spacial score (nSPS) is 23.1. The third kappa shape index (κ3) is 4.04. The molecule has 3 heteroatoms. The minimum Gasteiger partial charge on any atom is -0.390 e. The van der Waals surface area contributed by atoms with Crippen LogP contribution in [0.15, 0.2) is 0 Å². The van der Waals surface area contributed by atoms with Crippen molar-refractivity contribution in [2.24, 2.45) is 17.8 Å². The van der Waals surface area contributed by atoms with Crippen LogP contribution >= 0.6 is 0 Å². The lowest BCUT2D eigenvalue weighted by molar-refractivity contribution is 0.132. The second-order valence-electron chi connectivity index (χ2n) is 5.91.